The Labute approximate surface area is 141 Å². The molecule has 0 fully saturated rings. The minimum Gasteiger partial charge on any atom is -0.469 e. The zero-order chi connectivity index (χ0) is 18.3. The van der Waals surface area contributed by atoms with E-state index in [9.17, 15) is 14.4 Å². The monoisotopic (exact) mass is 337 g/mol. The summed E-state index contributed by atoms with van der Waals surface area (Å²) < 4.78 is 14.5. The predicted octanol–water partition coefficient (Wildman–Crippen LogP) is 1.54. The van der Waals surface area contributed by atoms with Crippen LogP contribution in [0.1, 0.15) is 30.0 Å². The molecule has 0 amide bonds. The highest BCUT2D eigenvalue weighted by Gasteiger charge is 2.25. The van der Waals surface area contributed by atoms with Crippen LogP contribution in [0.5, 0.6) is 0 Å². The topological polar surface area (TPSA) is 105 Å². The van der Waals surface area contributed by atoms with Gasteiger partial charge in [0, 0.05) is 12.6 Å². The first-order valence-electron chi connectivity index (χ1n) is 7.45. The third-order valence-electron chi connectivity index (χ3n) is 3.80. The third-order valence-corrected chi connectivity index (χ3v) is 3.80. The highest BCUT2D eigenvalue weighted by molar-refractivity contribution is 5.80. The van der Waals surface area contributed by atoms with Gasteiger partial charge < -0.3 is 19.9 Å². The van der Waals surface area contributed by atoms with Gasteiger partial charge in [0.2, 0.25) is 0 Å². The molecule has 1 aromatic carbocycles. The van der Waals surface area contributed by atoms with E-state index in [1.54, 1.807) is 12.1 Å². The number of hydrogen-bond acceptors (Lipinski definition) is 7. The van der Waals surface area contributed by atoms with Crippen LogP contribution in [-0.2, 0) is 41.6 Å². The van der Waals surface area contributed by atoms with Crippen molar-refractivity contribution in [2.24, 2.45) is 5.92 Å². The van der Waals surface area contributed by atoms with Gasteiger partial charge in [-0.05, 0) is 36.1 Å². The second kappa shape index (κ2) is 8.90. The lowest BCUT2D eigenvalue weighted by Crippen LogP contribution is -2.23. The lowest BCUT2D eigenvalue weighted by molar-refractivity contribution is -0.152. The average Bonchev–Trinajstić information content (AvgIpc) is 2.55. The van der Waals surface area contributed by atoms with E-state index in [2.05, 4.69) is 4.74 Å². The van der Waals surface area contributed by atoms with Crippen molar-refractivity contribution in [2.75, 3.05) is 20.0 Å². The van der Waals surface area contributed by atoms with Gasteiger partial charge in [0.25, 0.3) is 0 Å². The first-order chi connectivity index (χ1) is 11.3. The largest absolute Gasteiger partial charge is 0.469 e. The lowest BCUT2D eigenvalue weighted by Gasteiger charge is -2.18. The molecule has 0 aliphatic rings. The number of anilines is 1. The summed E-state index contributed by atoms with van der Waals surface area (Å²) in [7, 11) is 2.52. The van der Waals surface area contributed by atoms with Crippen molar-refractivity contribution in [1.82, 2.24) is 0 Å². The fourth-order valence-electron chi connectivity index (χ4n) is 2.35. The van der Waals surface area contributed by atoms with E-state index in [1.165, 1.54) is 21.1 Å². The maximum absolute atomic E-state index is 12.0. The lowest BCUT2D eigenvalue weighted by atomic mass is 9.91. The molecule has 0 saturated heterocycles. The highest BCUT2D eigenvalue weighted by atomic mass is 16.5. The van der Waals surface area contributed by atoms with Crippen LogP contribution in [0.25, 0.3) is 0 Å². The van der Waals surface area contributed by atoms with Crippen molar-refractivity contribution in [3.8, 4) is 0 Å². The molecule has 132 valence electrons. The number of nitrogen functional groups attached to an aromatic ring is 1. The number of nitrogens with two attached hydrogens (primary N) is 1. The molecule has 1 aromatic rings. The van der Waals surface area contributed by atoms with Gasteiger partial charge in [-0.1, -0.05) is 6.07 Å². The van der Waals surface area contributed by atoms with Crippen molar-refractivity contribution in [2.45, 2.75) is 33.3 Å². The van der Waals surface area contributed by atoms with Crippen molar-refractivity contribution in [3.63, 3.8) is 0 Å². The van der Waals surface area contributed by atoms with Gasteiger partial charge in [-0.3, -0.25) is 14.4 Å². The molecule has 0 unspecified atom stereocenters. The predicted molar refractivity (Wildman–Crippen MR) is 86.9 cm³/mol. The summed E-state index contributed by atoms with van der Waals surface area (Å²) in [5.41, 5.74) is 8.73. The van der Waals surface area contributed by atoms with Crippen LogP contribution in [0.4, 0.5) is 5.69 Å². The van der Waals surface area contributed by atoms with Crippen LogP contribution in [0, 0.1) is 12.8 Å². The van der Waals surface area contributed by atoms with Crippen LogP contribution in [0.2, 0.25) is 0 Å². The van der Waals surface area contributed by atoms with Crippen LogP contribution >= 0.6 is 0 Å². The summed E-state index contributed by atoms with van der Waals surface area (Å²) in [5, 5.41) is 0. The van der Waals surface area contributed by atoms with Gasteiger partial charge in [0.1, 0.15) is 6.61 Å². The molecule has 0 heterocycles. The Morgan fingerprint density at radius 3 is 2.38 bits per heavy atom. The Bertz CT molecular complexity index is 626. The third kappa shape index (κ3) is 5.26. The van der Waals surface area contributed by atoms with Gasteiger partial charge in [-0.25, -0.2) is 0 Å². The quantitative estimate of drug-likeness (QED) is 0.457. The molecule has 0 radical (unpaired) electrons. The second-order valence-corrected chi connectivity index (χ2v) is 5.40. The number of ether oxygens (including phenoxy) is 3. The van der Waals surface area contributed by atoms with Crippen molar-refractivity contribution in [1.29, 1.82) is 0 Å². The average molecular weight is 337 g/mol. The van der Waals surface area contributed by atoms with Gasteiger partial charge in [0.15, 0.2) is 0 Å². The summed E-state index contributed by atoms with van der Waals surface area (Å²) in [6.07, 6.45) is 0.152. The normalized spacial score (nSPS) is 11.5. The van der Waals surface area contributed by atoms with Crippen LogP contribution < -0.4 is 5.73 Å². The van der Waals surface area contributed by atoms with E-state index >= 15 is 0 Å². The standard InChI is InChI=1S/C17H23NO6/c1-10-14(9-24-11(2)19)12(5-6-15(10)18)7-13(17(21)23-4)8-16(20)22-3/h5-6,13H,7-9,18H2,1-4H3/t13-/m0/s1. The zero-order valence-corrected chi connectivity index (χ0v) is 14.4. The minimum atomic E-state index is -0.693. The van der Waals surface area contributed by atoms with E-state index < -0.39 is 23.8 Å². The van der Waals surface area contributed by atoms with E-state index in [4.69, 9.17) is 15.2 Å². The maximum atomic E-state index is 12.0. The number of hydrogen-bond donors (Lipinski definition) is 1. The van der Waals surface area contributed by atoms with E-state index in [0.29, 0.717) is 5.69 Å². The highest BCUT2D eigenvalue weighted by Crippen LogP contribution is 2.25. The molecule has 0 aromatic heterocycles. The smallest absolute Gasteiger partial charge is 0.309 e. The van der Waals surface area contributed by atoms with Crippen molar-refractivity contribution >= 4 is 23.6 Å². The molecule has 7 nitrogen and oxygen atoms in total. The molecular formula is C17H23NO6. The number of methoxy groups -OCH3 is 2. The Morgan fingerprint density at radius 1 is 1.17 bits per heavy atom. The maximum Gasteiger partial charge on any atom is 0.309 e. The Morgan fingerprint density at radius 2 is 1.83 bits per heavy atom. The van der Waals surface area contributed by atoms with Crippen molar-refractivity contribution in [3.05, 3.63) is 28.8 Å². The summed E-state index contributed by atoms with van der Waals surface area (Å²) in [5.74, 6) is -2.11. The van der Waals surface area contributed by atoms with Gasteiger partial charge in [-0.2, -0.15) is 0 Å². The molecule has 7 heteroatoms. The van der Waals surface area contributed by atoms with E-state index in [-0.39, 0.29) is 19.4 Å². The van der Waals surface area contributed by atoms with Crippen LogP contribution in [0.15, 0.2) is 12.1 Å². The number of carbonyl (C=O) groups excluding carboxylic acids is 3. The number of carbonyl (C=O) groups is 3. The molecule has 2 N–H and O–H groups in total. The Hall–Kier alpha value is -2.57. The molecule has 0 bridgehead atoms. The Balaban J connectivity index is 3.12. The van der Waals surface area contributed by atoms with Crippen LogP contribution in [0.3, 0.4) is 0 Å². The fourth-order valence-corrected chi connectivity index (χ4v) is 2.35. The number of esters is 3. The van der Waals surface area contributed by atoms with E-state index in [1.807, 2.05) is 6.92 Å². The zero-order valence-electron chi connectivity index (χ0n) is 14.4. The minimum absolute atomic E-state index is 0.0493. The summed E-state index contributed by atoms with van der Waals surface area (Å²) in [6.45, 7) is 3.18. The number of benzene rings is 1. The SMILES string of the molecule is COC(=O)C[C@H](Cc1ccc(N)c(C)c1COC(C)=O)C(=O)OC. The van der Waals surface area contributed by atoms with Gasteiger partial charge >= 0.3 is 17.9 Å². The molecular weight excluding hydrogens is 314 g/mol. The second-order valence-electron chi connectivity index (χ2n) is 5.40. The fraction of sp³-hybridized carbons (Fsp3) is 0.471. The summed E-state index contributed by atoms with van der Waals surface area (Å²) in [4.78, 5) is 34.6. The van der Waals surface area contributed by atoms with Crippen LogP contribution in [-0.4, -0.2) is 32.1 Å². The summed E-state index contributed by atoms with van der Waals surface area (Å²) >= 11 is 0. The molecule has 1 atom stereocenters. The Kier molecular flexibility index (Phi) is 7.23. The molecule has 0 saturated carbocycles. The number of rotatable bonds is 7. The molecule has 1 rings (SSSR count). The molecule has 0 spiro atoms. The van der Waals surface area contributed by atoms with E-state index in [0.717, 1.165) is 16.7 Å². The molecule has 0 aliphatic carbocycles. The van der Waals surface area contributed by atoms with Crippen molar-refractivity contribution < 1.29 is 28.6 Å². The molecule has 0 aliphatic heterocycles. The summed E-state index contributed by atoms with van der Waals surface area (Å²) in [6, 6.07) is 3.47. The molecule has 24 heavy (non-hydrogen) atoms. The van der Waals surface area contributed by atoms with Gasteiger partial charge in [-0.15, -0.1) is 0 Å². The first-order valence-corrected chi connectivity index (χ1v) is 7.45. The van der Waals surface area contributed by atoms with Gasteiger partial charge in [0.05, 0.1) is 26.6 Å². The first kappa shape index (κ1) is 19.5.